The first-order valence-corrected chi connectivity index (χ1v) is 10.6. The van der Waals surface area contributed by atoms with Crippen LogP contribution >= 0.6 is 11.3 Å². The van der Waals surface area contributed by atoms with E-state index in [-0.39, 0.29) is 17.6 Å². The summed E-state index contributed by atoms with van der Waals surface area (Å²) in [6.07, 6.45) is 3.38. The zero-order chi connectivity index (χ0) is 20.5. The summed E-state index contributed by atoms with van der Waals surface area (Å²) in [5.74, 6) is 0.00179. The van der Waals surface area contributed by atoms with E-state index in [2.05, 4.69) is 9.97 Å². The van der Waals surface area contributed by atoms with Gasteiger partial charge in [-0.05, 0) is 38.8 Å². The van der Waals surface area contributed by atoms with Gasteiger partial charge in [-0.2, -0.15) is 0 Å². The van der Waals surface area contributed by atoms with Crippen molar-refractivity contribution in [2.45, 2.75) is 39.3 Å². The Morgan fingerprint density at radius 3 is 2.93 bits per heavy atom. The lowest BCUT2D eigenvalue weighted by Crippen LogP contribution is -2.43. The third-order valence-corrected chi connectivity index (χ3v) is 6.45. The summed E-state index contributed by atoms with van der Waals surface area (Å²) in [5.41, 5.74) is 2.14. The summed E-state index contributed by atoms with van der Waals surface area (Å²) < 4.78 is 8.64. The maximum absolute atomic E-state index is 13.2. The van der Waals surface area contributed by atoms with Crippen molar-refractivity contribution in [2.24, 2.45) is 0 Å². The molecule has 1 saturated heterocycles. The van der Waals surface area contributed by atoms with E-state index < -0.39 is 0 Å². The molecule has 1 amide bonds. The number of amides is 1. The zero-order valence-electron chi connectivity index (χ0n) is 16.9. The molecule has 4 heterocycles. The van der Waals surface area contributed by atoms with Crippen LogP contribution in [0.5, 0.6) is 0 Å². The minimum absolute atomic E-state index is 0.00179. The van der Waals surface area contributed by atoms with Gasteiger partial charge in [0.05, 0.1) is 35.4 Å². The number of methoxy groups -OCH3 is 1. The van der Waals surface area contributed by atoms with Gasteiger partial charge in [-0.25, -0.2) is 14.8 Å². The fourth-order valence-electron chi connectivity index (χ4n) is 4.06. The van der Waals surface area contributed by atoms with Crippen molar-refractivity contribution in [2.75, 3.05) is 26.8 Å². The van der Waals surface area contributed by atoms with Gasteiger partial charge in [-0.3, -0.25) is 13.9 Å². The van der Waals surface area contributed by atoms with Crippen molar-refractivity contribution in [3.8, 4) is 0 Å². The summed E-state index contributed by atoms with van der Waals surface area (Å²) in [7, 11) is 1.62. The van der Waals surface area contributed by atoms with E-state index in [0.717, 1.165) is 29.1 Å². The molecule has 0 radical (unpaired) electrons. The lowest BCUT2D eigenvalue weighted by molar-refractivity contribution is 0.0683. The Morgan fingerprint density at radius 2 is 2.21 bits per heavy atom. The van der Waals surface area contributed by atoms with Crippen LogP contribution in [0.4, 0.5) is 0 Å². The van der Waals surface area contributed by atoms with E-state index in [4.69, 9.17) is 4.74 Å². The molecule has 0 aliphatic carbocycles. The lowest BCUT2D eigenvalue weighted by atomic mass is 10.1. The predicted molar refractivity (Wildman–Crippen MR) is 112 cm³/mol. The van der Waals surface area contributed by atoms with Gasteiger partial charge in [0.1, 0.15) is 4.88 Å². The molecule has 8 nitrogen and oxygen atoms in total. The molecule has 1 aliphatic rings. The first kappa shape index (κ1) is 19.8. The number of hydrogen-bond acceptors (Lipinski definition) is 6. The Balaban J connectivity index is 1.67. The summed E-state index contributed by atoms with van der Waals surface area (Å²) in [6.45, 7) is 5.89. The van der Waals surface area contributed by atoms with E-state index in [1.165, 1.54) is 11.3 Å². The number of likely N-dealkylation sites (tertiary alicyclic amines) is 1. The van der Waals surface area contributed by atoms with Gasteiger partial charge in [0, 0.05) is 26.4 Å². The fraction of sp³-hybridized carbons (Fsp3) is 0.500. The van der Waals surface area contributed by atoms with Gasteiger partial charge in [-0.1, -0.05) is 0 Å². The molecule has 29 heavy (non-hydrogen) atoms. The summed E-state index contributed by atoms with van der Waals surface area (Å²) >= 11 is 1.43. The van der Waals surface area contributed by atoms with Crippen LogP contribution in [0.1, 0.15) is 39.3 Å². The minimum Gasteiger partial charge on any atom is -0.383 e. The van der Waals surface area contributed by atoms with E-state index in [9.17, 15) is 9.59 Å². The number of piperidine rings is 1. The number of carbonyl (C=O) groups is 1. The maximum Gasteiger partial charge on any atom is 0.330 e. The molecule has 1 atom stereocenters. The van der Waals surface area contributed by atoms with Gasteiger partial charge < -0.3 is 9.64 Å². The second-order valence-electron chi connectivity index (χ2n) is 7.34. The van der Waals surface area contributed by atoms with Crippen molar-refractivity contribution in [3.63, 3.8) is 0 Å². The number of carbonyl (C=O) groups excluding carboxylic acids is 1. The number of fused-ring (bicyclic) bond motifs is 1. The highest BCUT2D eigenvalue weighted by Gasteiger charge is 2.30. The molecule has 0 aromatic carbocycles. The topological polar surface area (TPSA) is 82.2 Å². The molecule has 0 N–H and O–H groups in total. The SMILES string of the molecule is COCCn1c(=O)n([C@H]2CCCN(C(=O)c3sc(C)nc3C)C2)c2ncccc21. The predicted octanol–water partition coefficient (Wildman–Crippen LogP) is 2.40. The second kappa shape index (κ2) is 8.08. The Bertz CT molecular complexity index is 1100. The van der Waals surface area contributed by atoms with E-state index in [1.54, 1.807) is 22.4 Å². The van der Waals surface area contributed by atoms with Crippen LogP contribution in [0.15, 0.2) is 23.1 Å². The standard InChI is InChI=1S/C20H25N5O3S/c1-13-17(29-14(2)22-13)19(26)23-9-5-6-15(12-23)25-18-16(7-4-8-21-18)24(20(25)27)10-11-28-3/h4,7-8,15H,5-6,9-12H2,1-3H3/t15-/m0/s1. The highest BCUT2D eigenvalue weighted by Crippen LogP contribution is 2.27. The largest absolute Gasteiger partial charge is 0.383 e. The number of pyridine rings is 1. The van der Waals surface area contributed by atoms with Gasteiger partial charge in [-0.15, -0.1) is 11.3 Å². The molecule has 0 unspecified atom stereocenters. The normalized spacial score (nSPS) is 17.2. The van der Waals surface area contributed by atoms with Gasteiger partial charge >= 0.3 is 5.69 Å². The molecular formula is C20H25N5O3S. The van der Waals surface area contributed by atoms with Crippen LogP contribution in [0.2, 0.25) is 0 Å². The Hall–Kier alpha value is -2.52. The van der Waals surface area contributed by atoms with Crippen LogP contribution in [-0.4, -0.2) is 56.7 Å². The average molecular weight is 416 g/mol. The first-order chi connectivity index (χ1) is 14.0. The zero-order valence-corrected chi connectivity index (χ0v) is 17.7. The molecule has 9 heteroatoms. The maximum atomic E-state index is 13.2. The molecule has 154 valence electrons. The highest BCUT2D eigenvalue weighted by molar-refractivity contribution is 7.13. The third kappa shape index (κ3) is 3.60. The van der Waals surface area contributed by atoms with Crippen molar-refractivity contribution >= 4 is 28.4 Å². The Morgan fingerprint density at radius 1 is 1.38 bits per heavy atom. The molecule has 0 spiro atoms. The molecule has 0 saturated carbocycles. The summed E-state index contributed by atoms with van der Waals surface area (Å²) in [5, 5.41) is 0.890. The Kier molecular flexibility index (Phi) is 5.51. The van der Waals surface area contributed by atoms with Crippen LogP contribution < -0.4 is 5.69 Å². The number of aromatic nitrogens is 4. The molecule has 3 aromatic heterocycles. The number of thiazole rings is 1. The molecular weight excluding hydrogens is 390 g/mol. The second-order valence-corrected chi connectivity index (χ2v) is 8.54. The number of rotatable bonds is 5. The third-order valence-electron chi connectivity index (χ3n) is 5.39. The number of ether oxygens (including phenoxy) is 1. The van der Waals surface area contributed by atoms with Crippen molar-refractivity contribution < 1.29 is 9.53 Å². The quantitative estimate of drug-likeness (QED) is 0.639. The summed E-state index contributed by atoms with van der Waals surface area (Å²) in [6, 6.07) is 3.64. The molecule has 1 aliphatic heterocycles. The Labute approximate surface area is 172 Å². The molecule has 1 fully saturated rings. The van der Waals surface area contributed by atoms with Crippen LogP contribution in [0, 0.1) is 13.8 Å². The van der Waals surface area contributed by atoms with Crippen molar-refractivity contribution in [3.05, 3.63) is 44.4 Å². The molecule has 3 aromatic rings. The number of nitrogens with zero attached hydrogens (tertiary/aromatic N) is 5. The number of aryl methyl sites for hydroxylation is 2. The smallest absolute Gasteiger partial charge is 0.330 e. The monoisotopic (exact) mass is 415 g/mol. The first-order valence-electron chi connectivity index (χ1n) is 9.79. The minimum atomic E-state index is -0.101. The molecule has 4 rings (SSSR count). The highest BCUT2D eigenvalue weighted by atomic mass is 32.1. The summed E-state index contributed by atoms with van der Waals surface area (Å²) in [4.78, 5) is 37.7. The number of imidazole rings is 1. The average Bonchev–Trinajstić information content (AvgIpc) is 3.21. The van der Waals surface area contributed by atoms with Gasteiger partial charge in [0.25, 0.3) is 5.91 Å². The van der Waals surface area contributed by atoms with Crippen molar-refractivity contribution in [1.29, 1.82) is 0 Å². The molecule has 0 bridgehead atoms. The van der Waals surface area contributed by atoms with E-state index >= 15 is 0 Å². The number of hydrogen-bond donors (Lipinski definition) is 0. The van der Waals surface area contributed by atoms with E-state index in [1.807, 2.05) is 30.9 Å². The fourth-order valence-corrected chi connectivity index (χ4v) is 4.95. The van der Waals surface area contributed by atoms with Crippen LogP contribution in [-0.2, 0) is 11.3 Å². The van der Waals surface area contributed by atoms with Crippen LogP contribution in [0.3, 0.4) is 0 Å². The lowest BCUT2D eigenvalue weighted by Gasteiger charge is -2.33. The van der Waals surface area contributed by atoms with Gasteiger partial charge in [0.2, 0.25) is 0 Å². The van der Waals surface area contributed by atoms with E-state index in [0.29, 0.717) is 36.8 Å². The van der Waals surface area contributed by atoms with Crippen molar-refractivity contribution in [1.82, 2.24) is 24.0 Å². The van der Waals surface area contributed by atoms with Gasteiger partial charge in [0.15, 0.2) is 5.65 Å². The van der Waals surface area contributed by atoms with Crippen LogP contribution in [0.25, 0.3) is 11.2 Å².